The normalized spacial score (nSPS) is 16.5. The lowest BCUT2D eigenvalue weighted by molar-refractivity contribution is -0.122. The summed E-state index contributed by atoms with van der Waals surface area (Å²) in [5, 5.41) is 3.26. The van der Waals surface area contributed by atoms with Gasteiger partial charge in [0, 0.05) is 6.07 Å². The fraction of sp³-hybridized carbons (Fsp3) is 0.222. The van der Waals surface area contributed by atoms with E-state index >= 15 is 0 Å². The number of ketones is 1. The van der Waals surface area contributed by atoms with Crippen LogP contribution in [-0.2, 0) is 9.59 Å². The molecule has 0 radical (unpaired) electrons. The molecule has 0 spiro atoms. The quantitative estimate of drug-likeness (QED) is 0.943. The average molecular weight is 310 g/mol. The molecule has 0 bridgehead atoms. The summed E-state index contributed by atoms with van der Waals surface area (Å²) >= 11 is 0. The molecule has 3 rings (SSSR count). The summed E-state index contributed by atoms with van der Waals surface area (Å²) in [6.07, 6.45) is 0. The second kappa shape index (κ2) is 6.12. The van der Waals surface area contributed by atoms with E-state index in [1.165, 1.54) is 11.8 Å². The highest BCUT2D eigenvalue weighted by Gasteiger charge is 2.34. The zero-order valence-electron chi connectivity index (χ0n) is 13.1. The van der Waals surface area contributed by atoms with E-state index in [-0.39, 0.29) is 18.2 Å². The molecular weight excluding hydrogens is 292 g/mol. The van der Waals surface area contributed by atoms with Crippen LogP contribution in [0.25, 0.3) is 0 Å². The summed E-state index contributed by atoms with van der Waals surface area (Å²) in [6, 6.07) is 14.4. The number of amides is 1. The molecular formula is C18H18N2O3. The van der Waals surface area contributed by atoms with Gasteiger partial charge in [0.25, 0.3) is 5.91 Å². The molecule has 0 aliphatic carbocycles. The Morgan fingerprint density at radius 1 is 1.22 bits per heavy atom. The van der Waals surface area contributed by atoms with Crippen LogP contribution >= 0.6 is 0 Å². The molecule has 1 heterocycles. The lowest BCUT2D eigenvalue weighted by atomic mass is 10.0. The van der Waals surface area contributed by atoms with E-state index in [0.29, 0.717) is 11.4 Å². The van der Waals surface area contributed by atoms with Gasteiger partial charge in [-0.3, -0.25) is 9.59 Å². The van der Waals surface area contributed by atoms with Gasteiger partial charge < -0.3 is 15.0 Å². The fourth-order valence-corrected chi connectivity index (χ4v) is 2.74. The van der Waals surface area contributed by atoms with E-state index < -0.39 is 6.04 Å². The molecule has 1 amide bonds. The number of anilines is 2. The van der Waals surface area contributed by atoms with Crippen LogP contribution in [0.5, 0.6) is 5.75 Å². The number of ether oxygens (including phenoxy) is 1. The summed E-state index contributed by atoms with van der Waals surface area (Å²) in [7, 11) is 1.59. The number of hydrogen-bond donors (Lipinski definition) is 1. The van der Waals surface area contributed by atoms with Gasteiger partial charge in [-0.15, -0.1) is 0 Å². The number of rotatable bonds is 4. The zero-order chi connectivity index (χ0) is 16.4. The van der Waals surface area contributed by atoms with Crippen LogP contribution in [0.15, 0.2) is 48.5 Å². The van der Waals surface area contributed by atoms with Gasteiger partial charge in [-0.1, -0.05) is 30.3 Å². The lowest BCUT2D eigenvalue weighted by Gasteiger charge is -2.35. The second-order valence-corrected chi connectivity index (χ2v) is 5.50. The Hall–Kier alpha value is -2.82. The van der Waals surface area contributed by atoms with Crippen molar-refractivity contribution in [3.8, 4) is 5.75 Å². The maximum Gasteiger partial charge on any atom is 0.254 e. The third-order valence-electron chi connectivity index (χ3n) is 3.82. The summed E-state index contributed by atoms with van der Waals surface area (Å²) in [5.74, 6) is 0.498. The molecule has 0 aromatic heterocycles. The number of nitrogens with one attached hydrogen (secondary N) is 1. The first-order valence-corrected chi connectivity index (χ1v) is 7.40. The van der Waals surface area contributed by atoms with Crippen LogP contribution in [0.3, 0.4) is 0 Å². The highest BCUT2D eigenvalue weighted by atomic mass is 16.5. The molecule has 2 aromatic carbocycles. The van der Waals surface area contributed by atoms with Crippen LogP contribution in [0.4, 0.5) is 11.4 Å². The van der Waals surface area contributed by atoms with Gasteiger partial charge in [-0.05, 0) is 24.6 Å². The Kier molecular flexibility index (Phi) is 4.02. The van der Waals surface area contributed by atoms with Crippen molar-refractivity contribution >= 4 is 23.1 Å². The fourth-order valence-electron chi connectivity index (χ4n) is 2.74. The summed E-state index contributed by atoms with van der Waals surface area (Å²) in [5.41, 5.74) is 2.33. The van der Waals surface area contributed by atoms with E-state index in [9.17, 15) is 9.59 Å². The van der Waals surface area contributed by atoms with Crippen molar-refractivity contribution in [3.05, 3.63) is 54.1 Å². The number of Topliss-reactive ketones (excluding diaryl/α,β-unsaturated/α-hetero) is 1. The van der Waals surface area contributed by atoms with Crippen molar-refractivity contribution in [1.82, 2.24) is 0 Å². The van der Waals surface area contributed by atoms with E-state index in [0.717, 1.165) is 11.3 Å². The highest BCUT2D eigenvalue weighted by Crippen LogP contribution is 2.38. The predicted octanol–water partition coefficient (Wildman–Crippen LogP) is 2.78. The van der Waals surface area contributed by atoms with Crippen molar-refractivity contribution in [2.24, 2.45) is 0 Å². The largest absolute Gasteiger partial charge is 0.497 e. The monoisotopic (exact) mass is 310 g/mol. The van der Waals surface area contributed by atoms with Crippen LogP contribution in [0.2, 0.25) is 0 Å². The first-order valence-electron chi connectivity index (χ1n) is 7.40. The minimum absolute atomic E-state index is 0.0587. The van der Waals surface area contributed by atoms with Gasteiger partial charge in [0.2, 0.25) is 0 Å². The van der Waals surface area contributed by atoms with E-state index in [4.69, 9.17) is 4.74 Å². The maximum atomic E-state index is 12.9. The molecule has 1 aliphatic rings. The van der Waals surface area contributed by atoms with Crippen LogP contribution < -0.4 is 15.0 Å². The first kappa shape index (κ1) is 15.1. The Morgan fingerprint density at radius 2 is 1.96 bits per heavy atom. The standard InChI is InChI=1S/C18H18N2O3/c1-12(21)11-20-16-9-8-14(23-2)10-15(16)19-17(18(20)22)13-6-4-3-5-7-13/h3-10,17,19H,11H2,1-2H3. The lowest BCUT2D eigenvalue weighted by Crippen LogP contribution is -2.44. The molecule has 5 heteroatoms. The summed E-state index contributed by atoms with van der Waals surface area (Å²) in [4.78, 5) is 26.0. The van der Waals surface area contributed by atoms with Gasteiger partial charge in [-0.2, -0.15) is 0 Å². The Labute approximate surface area is 134 Å². The van der Waals surface area contributed by atoms with E-state index in [1.807, 2.05) is 36.4 Å². The van der Waals surface area contributed by atoms with Gasteiger partial charge in [0.05, 0.1) is 25.0 Å². The molecule has 1 aliphatic heterocycles. The minimum atomic E-state index is -0.518. The van der Waals surface area contributed by atoms with Crippen molar-refractivity contribution < 1.29 is 14.3 Å². The summed E-state index contributed by atoms with van der Waals surface area (Å²) < 4.78 is 5.25. The van der Waals surface area contributed by atoms with Gasteiger partial charge in [0.15, 0.2) is 0 Å². The number of methoxy groups -OCH3 is 1. The number of nitrogens with zero attached hydrogens (tertiary/aromatic N) is 1. The number of fused-ring (bicyclic) bond motifs is 1. The third kappa shape index (κ3) is 2.90. The number of hydrogen-bond acceptors (Lipinski definition) is 4. The van der Waals surface area contributed by atoms with Crippen molar-refractivity contribution in [3.63, 3.8) is 0 Å². The molecule has 0 saturated heterocycles. The molecule has 23 heavy (non-hydrogen) atoms. The van der Waals surface area contributed by atoms with Crippen LogP contribution in [0.1, 0.15) is 18.5 Å². The topological polar surface area (TPSA) is 58.6 Å². The third-order valence-corrected chi connectivity index (χ3v) is 3.82. The number of benzene rings is 2. The molecule has 1 N–H and O–H groups in total. The molecule has 2 aromatic rings. The van der Waals surface area contributed by atoms with Gasteiger partial charge in [0.1, 0.15) is 17.6 Å². The molecule has 0 saturated carbocycles. The molecule has 1 unspecified atom stereocenters. The number of carbonyl (C=O) groups excluding carboxylic acids is 2. The Morgan fingerprint density at radius 3 is 2.61 bits per heavy atom. The van der Waals surface area contributed by atoms with Crippen LogP contribution in [0, 0.1) is 0 Å². The molecule has 118 valence electrons. The zero-order valence-corrected chi connectivity index (χ0v) is 13.1. The Balaban J connectivity index is 2.06. The summed E-state index contributed by atoms with van der Waals surface area (Å²) in [6.45, 7) is 1.54. The van der Waals surface area contributed by atoms with Crippen molar-refractivity contribution in [1.29, 1.82) is 0 Å². The molecule has 0 fully saturated rings. The molecule has 5 nitrogen and oxygen atoms in total. The van der Waals surface area contributed by atoms with E-state index in [1.54, 1.807) is 19.2 Å². The first-order chi connectivity index (χ1) is 11.1. The van der Waals surface area contributed by atoms with Gasteiger partial charge in [-0.25, -0.2) is 0 Å². The number of carbonyl (C=O) groups is 2. The maximum absolute atomic E-state index is 12.9. The van der Waals surface area contributed by atoms with Gasteiger partial charge >= 0.3 is 0 Å². The second-order valence-electron chi connectivity index (χ2n) is 5.50. The smallest absolute Gasteiger partial charge is 0.254 e. The van der Waals surface area contributed by atoms with Crippen molar-refractivity contribution in [2.45, 2.75) is 13.0 Å². The van der Waals surface area contributed by atoms with Crippen molar-refractivity contribution in [2.75, 3.05) is 23.9 Å². The average Bonchev–Trinajstić information content (AvgIpc) is 2.57. The predicted molar refractivity (Wildman–Crippen MR) is 88.8 cm³/mol. The highest BCUT2D eigenvalue weighted by molar-refractivity contribution is 6.08. The minimum Gasteiger partial charge on any atom is -0.497 e. The molecule has 1 atom stereocenters. The Bertz CT molecular complexity index is 743. The SMILES string of the molecule is COc1ccc2c(c1)NC(c1ccccc1)C(=O)N2CC(C)=O. The van der Waals surface area contributed by atoms with Crippen LogP contribution in [-0.4, -0.2) is 25.3 Å². The van der Waals surface area contributed by atoms with E-state index in [2.05, 4.69) is 5.32 Å².